The average molecular weight is 544 g/mol. The highest BCUT2D eigenvalue weighted by atomic mass is 19.1. The van der Waals surface area contributed by atoms with E-state index in [0.717, 1.165) is 43.9 Å². The van der Waals surface area contributed by atoms with Gasteiger partial charge in [-0.1, -0.05) is 11.3 Å². The number of benzene rings is 1. The predicted octanol–water partition coefficient (Wildman–Crippen LogP) is 4.71. The van der Waals surface area contributed by atoms with Crippen molar-refractivity contribution in [3.05, 3.63) is 77.3 Å². The summed E-state index contributed by atoms with van der Waals surface area (Å²) in [6.07, 6.45) is 5.48. The summed E-state index contributed by atoms with van der Waals surface area (Å²) < 4.78 is 21.9. The minimum atomic E-state index is -0.416. The highest BCUT2D eigenvalue weighted by molar-refractivity contribution is 6.54. The second kappa shape index (κ2) is 12.3. The van der Waals surface area contributed by atoms with Crippen LogP contribution in [0.4, 0.5) is 10.1 Å². The van der Waals surface area contributed by atoms with E-state index in [1.54, 1.807) is 18.3 Å². The van der Waals surface area contributed by atoms with Gasteiger partial charge in [-0.15, -0.1) is 5.10 Å². The molecule has 0 bridgehead atoms. The number of aromatic nitrogens is 4. The van der Waals surface area contributed by atoms with Gasteiger partial charge in [0.15, 0.2) is 0 Å². The lowest BCUT2D eigenvalue weighted by atomic mass is 9.85. The zero-order valence-corrected chi connectivity index (χ0v) is 23.1. The maximum atomic E-state index is 14.7. The van der Waals surface area contributed by atoms with Gasteiger partial charge in [0.05, 0.1) is 53.6 Å². The Balaban J connectivity index is 1.19. The van der Waals surface area contributed by atoms with Gasteiger partial charge in [-0.3, -0.25) is 15.3 Å². The highest BCUT2D eigenvalue weighted by Gasteiger charge is 2.31. The highest BCUT2D eigenvalue weighted by Crippen LogP contribution is 2.27. The first-order valence-electron chi connectivity index (χ1n) is 13.5. The lowest BCUT2D eigenvalue weighted by molar-refractivity contribution is 0.200. The van der Waals surface area contributed by atoms with E-state index >= 15 is 0 Å². The number of halogens is 1. The summed E-state index contributed by atoms with van der Waals surface area (Å²) in [5.74, 6) is 0.195. The molecule has 4 heterocycles. The first kappa shape index (κ1) is 27.3. The first-order chi connectivity index (χ1) is 19.4. The molecule has 40 heavy (non-hydrogen) atoms. The molecule has 10 nitrogen and oxygen atoms in total. The molecule has 3 aromatic rings. The molecule has 0 amide bonds. The summed E-state index contributed by atoms with van der Waals surface area (Å²) in [7, 11) is 0. The molecule has 0 aliphatic carbocycles. The fourth-order valence-electron chi connectivity index (χ4n) is 5.14. The van der Waals surface area contributed by atoms with Gasteiger partial charge in [-0.05, 0) is 71.0 Å². The number of pyridine rings is 1. The van der Waals surface area contributed by atoms with Crippen LogP contribution in [0, 0.1) is 17.1 Å². The second-order valence-corrected chi connectivity index (χ2v) is 10.0. The van der Waals surface area contributed by atoms with Crippen LogP contribution >= 0.6 is 0 Å². The molecule has 2 aliphatic heterocycles. The fourth-order valence-corrected chi connectivity index (χ4v) is 5.14. The number of anilines is 1. The van der Waals surface area contributed by atoms with E-state index in [1.165, 1.54) is 6.07 Å². The number of rotatable bonds is 9. The molecule has 5 rings (SSSR count). The van der Waals surface area contributed by atoms with Gasteiger partial charge >= 0.3 is 0 Å². The molecule has 0 atom stereocenters. The van der Waals surface area contributed by atoms with E-state index in [-0.39, 0.29) is 5.92 Å². The molecule has 0 unspecified atom stereocenters. The lowest BCUT2D eigenvalue weighted by Crippen LogP contribution is -2.39. The lowest BCUT2D eigenvalue weighted by Gasteiger charge is -2.33. The number of piperidine rings is 1. The third kappa shape index (κ3) is 6.31. The van der Waals surface area contributed by atoms with Crippen LogP contribution in [0.25, 0.3) is 0 Å². The second-order valence-electron chi connectivity index (χ2n) is 10.0. The van der Waals surface area contributed by atoms with Crippen molar-refractivity contribution in [2.75, 3.05) is 25.0 Å². The number of nitrogens with one attached hydrogen (secondary N) is 2. The third-order valence-electron chi connectivity index (χ3n) is 7.12. The van der Waals surface area contributed by atoms with Crippen LogP contribution in [0.1, 0.15) is 45.0 Å². The van der Waals surface area contributed by atoms with E-state index < -0.39 is 5.82 Å². The smallest absolute Gasteiger partial charge is 0.150 e. The molecule has 0 radical (unpaired) electrons. The zero-order chi connectivity index (χ0) is 28.1. The van der Waals surface area contributed by atoms with Crippen LogP contribution in [0.15, 0.2) is 70.3 Å². The summed E-state index contributed by atoms with van der Waals surface area (Å²) in [5.41, 5.74) is 5.18. The number of hydrogen-bond acceptors (Lipinski definition) is 9. The van der Waals surface area contributed by atoms with Gasteiger partial charge in [0.2, 0.25) is 0 Å². The van der Waals surface area contributed by atoms with E-state index in [9.17, 15) is 4.39 Å². The van der Waals surface area contributed by atoms with Crippen molar-refractivity contribution in [1.82, 2.24) is 24.9 Å². The Morgan fingerprint density at radius 1 is 1.12 bits per heavy atom. The van der Waals surface area contributed by atoms with Gasteiger partial charge in [-0.25, -0.2) is 9.07 Å². The molecule has 1 aromatic carbocycles. The Hall–Kier alpha value is -4.25. The van der Waals surface area contributed by atoms with Gasteiger partial charge in [0.25, 0.3) is 0 Å². The quantitative estimate of drug-likeness (QED) is 0.404. The van der Waals surface area contributed by atoms with E-state index in [4.69, 9.17) is 10.1 Å². The number of allylic oxidation sites excluding steroid dienone is 2. The van der Waals surface area contributed by atoms with E-state index in [2.05, 4.69) is 35.7 Å². The fraction of sp³-hybridized carbons (Fsp3) is 0.379. The number of nitrogens with zero attached hydrogens (tertiary/aromatic N) is 7. The maximum Gasteiger partial charge on any atom is 0.150 e. The van der Waals surface area contributed by atoms with Crippen LogP contribution in [-0.4, -0.2) is 61.7 Å². The van der Waals surface area contributed by atoms with Crippen molar-refractivity contribution in [2.45, 2.75) is 46.7 Å². The predicted molar refractivity (Wildman–Crippen MR) is 154 cm³/mol. The van der Waals surface area contributed by atoms with Crippen LogP contribution in [-0.2, 0) is 13.1 Å². The molecule has 2 N–H and O–H groups in total. The van der Waals surface area contributed by atoms with Gasteiger partial charge in [-0.2, -0.15) is 10.2 Å². The van der Waals surface area contributed by atoms with Crippen molar-refractivity contribution in [2.24, 2.45) is 16.1 Å². The molecule has 0 saturated carbocycles. The van der Waals surface area contributed by atoms with Crippen LogP contribution < -0.4 is 10.1 Å². The minimum absolute atomic E-state index is 0.130. The Morgan fingerprint density at radius 3 is 2.67 bits per heavy atom. The summed E-state index contributed by atoms with van der Waals surface area (Å²) >= 11 is 0. The summed E-state index contributed by atoms with van der Waals surface area (Å²) in [6, 6.07) is 10.6. The molecule has 1 saturated heterocycles. The van der Waals surface area contributed by atoms with E-state index in [0.29, 0.717) is 53.0 Å². The van der Waals surface area contributed by atoms with Crippen LogP contribution in [0.3, 0.4) is 0 Å². The molecule has 2 aliphatic rings. The van der Waals surface area contributed by atoms with Crippen molar-refractivity contribution >= 4 is 22.8 Å². The number of hydrogen-bond donors (Lipinski definition) is 2. The third-order valence-corrected chi connectivity index (χ3v) is 7.12. The maximum absolute atomic E-state index is 14.7. The van der Waals surface area contributed by atoms with Crippen LogP contribution in [0.5, 0.6) is 5.75 Å². The van der Waals surface area contributed by atoms with Crippen molar-refractivity contribution in [3.63, 3.8) is 0 Å². The van der Waals surface area contributed by atoms with Crippen molar-refractivity contribution < 1.29 is 9.13 Å². The Morgan fingerprint density at radius 2 is 1.95 bits per heavy atom. The zero-order valence-electron chi connectivity index (χ0n) is 23.1. The standard InChI is InChI=1S/C29H34FN9O/c1-4-40-24-8-9-26(25(30)15-24)33-19(2)27-20(3)34-36-29(28(27)31)21-10-13-38(14-11-21)16-23-18-39(37-35-23)17-22-7-5-6-12-32-22/h5-9,12,15,18,21,31,33H,4,10-11,13-14,16-17H2,1-3H3/b27-19-,31-28?. The molecule has 208 valence electrons. The summed E-state index contributed by atoms with van der Waals surface area (Å²) in [4.78, 5) is 6.70. The summed E-state index contributed by atoms with van der Waals surface area (Å²) in [6.45, 7) is 9.03. The summed E-state index contributed by atoms with van der Waals surface area (Å²) in [5, 5.41) is 29.5. The molecule has 0 spiro atoms. The minimum Gasteiger partial charge on any atom is -0.494 e. The van der Waals surface area contributed by atoms with Crippen molar-refractivity contribution in [1.29, 1.82) is 5.41 Å². The monoisotopic (exact) mass is 543 g/mol. The largest absolute Gasteiger partial charge is 0.494 e. The molecular weight excluding hydrogens is 509 g/mol. The van der Waals surface area contributed by atoms with E-state index in [1.807, 2.05) is 49.8 Å². The first-order valence-corrected chi connectivity index (χ1v) is 13.5. The number of likely N-dealkylation sites (tertiary alicyclic amines) is 1. The topological polar surface area (TPSA) is 117 Å². The molecule has 2 aromatic heterocycles. The van der Waals surface area contributed by atoms with Gasteiger partial charge < -0.3 is 10.1 Å². The SMILES string of the molecule is CCOc1ccc(N/C(C)=C2\C(=N)C(C3CCN(Cc4cn(Cc5ccccn5)nn4)CC3)=NN=C2C)c(F)c1. The molecule has 1 fully saturated rings. The Kier molecular flexibility index (Phi) is 8.40. The van der Waals surface area contributed by atoms with Crippen LogP contribution in [0.2, 0.25) is 0 Å². The normalized spacial score (nSPS) is 17.9. The number of ether oxygens (including phenoxy) is 1. The Bertz CT molecular complexity index is 1450. The molecule has 11 heteroatoms. The van der Waals surface area contributed by atoms with Crippen molar-refractivity contribution in [3.8, 4) is 5.75 Å². The van der Waals surface area contributed by atoms with Gasteiger partial charge in [0.1, 0.15) is 11.6 Å². The average Bonchev–Trinajstić information content (AvgIpc) is 3.38. The molecular formula is C29H34FN9O. The Labute approximate surface area is 233 Å². The van der Waals surface area contributed by atoms with Gasteiger partial charge in [0, 0.05) is 36.0 Å².